The molecule has 0 fully saturated rings. The normalized spacial score (nSPS) is 17.9. The van der Waals surface area contributed by atoms with Crippen LogP contribution < -0.4 is 5.32 Å². The quantitative estimate of drug-likeness (QED) is 0.714. The smallest absolute Gasteiger partial charge is 0.271 e. The number of rotatable bonds is 6. The fourth-order valence-electron chi connectivity index (χ4n) is 2.57. The molecular formula is C19H21F2N3OS2. The van der Waals surface area contributed by atoms with Gasteiger partial charge in [-0.05, 0) is 18.4 Å². The van der Waals surface area contributed by atoms with Gasteiger partial charge >= 0.3 is 0 Å². The highest BCUT2D eigenvalue weighted by atomic mass is 32.1. The Hall–Kier alpha value is -1.93. The first-order chi connectivity index (χ1) is 12.8. The third kappa shape index (κ3) is 4.68. The van der Waals surface area contributed by atoms with Crippen molar-refractivity contribution in [3.05, 3.63) is 45.4 Å². The van der Waals surface area contributed by atoms with Gasteiger partial charge in [-0.2, -0.15) is 0 Å². The van der Waals surface area contributed by atoms with Gasteiger partial charge in [0.1, 0.15) is 18.0 Å². The van der Waals surface area contributed by atoms with Crippen LogP contribution in [0.4, 0.5) is 8.78 Å². The van der Waals surface area contributed by atoms with Crippen molar-refractivity contribution >= 4 is 28.6 Å². The Balaban J connectivity index is 1.82. The van der Waals surface area contributed by atoms with Gasteiger partial charge < -0.3 is 5.32 Å². The van der Waals surface area contributed by atoms with E-state index in [0.717, 1.165) is 10.5 Å². The van der Waals surface area contributed by atoms with Crippen LogP contribution in [0.3, 0.4) is 0 Å². The summed E-state index contributed by atoms with van der Waals surface area (Å²) in [5.74, 6) is -0.700. The second kappa shape index (κ2) is 8.39. The molecule has 0 saturated heterocycles. The minimum atomic E-state index is -1.28. The van der Waals surface area contributed by atoms with Gasteiger partial charge in [0.25, 0.3) is 5.91 Å². The van der Waals surface area contributed by atoms with E-state index in [1.807, 2.05) is 6.92 Å². The van der Waals surface area contributed by atoms with E-state index in [9.17, 15) is 13.6 Å². The standard InChI is InChI=1S/C19H21F2N3OS2/c1-10(2)14(21)16-15(24-19(27-16)18-23-8-11(3)26-18)17(25)22-9-12-4-6-13(20)7-5-12/h4-6,8,10,13-14H,7,9H2,1-3H3,(H,22,25). The van der Waals surface area contributed by atoms with Crippen molar-refractivity contribution in [3.8, 4) is 10.0 Å². The molecule has 2 heterocycles. The lowest BCUT2D eigenvalue weighted by Crippen LogP contribution is -2.27. The number of nitrogens with one attached hydrogen (secondary N) is 1. The summed E-state index contributed by atoms with van der Waals surface area (Å²) in [5.41, 5.74) is 0.929. The summed E-state index contributed by atoms with van der Waals surface area (Å²) in [6.07, 6.45) is 4.66. The van der Waals surface area contributed by atoms with Crippen molar-refractivity contribution in [1.82, 2.24) is 15.3 Å². The number of carbonyl (C=O) groups is 1. The fourth-order valence-corrected chi connectivity index (χ4v) is 4.57. The predicted octanol–water partition coefficient (Wildman–Crippen LogP) is 5.20. The van der Waals surface area contributed by atoms with Crippen LogP contribution in [0.15, 0.2) is 30.0 Å². The maximum atomic E-state index is 14.8. The molecule has 0 aromatic carbocycles. The molecule has 27 heavy (non-hydrogen) atoms. The molecule has 144 valence electrons. The van der Waals surface area contributed by atoms with Crippen molar-refractivity contribution in [2.24, 2.45) is 5.92 Å². The Labute approximate surface area is 165 Å². The summed E-state index contributed by atoms with van der Waals surface area (Å²) >= 11 is 2.64. The van der Waals surface area contributed by atoms with Crippen LogP contribution in [0, 0.1) is 12.8 Å². The molecule has 1 aliphatic rings. The predicted molar refractivity (Wildman–Crippen MR) is 106 cm³/mol. The first kappa shape index (κ1) is 19.8. The number of alkyl halides is 2. The Morgan fingerprint density at radius 3 is 2.74 bits per heavy atom. The minimum Gasteiger partial charge on any atom is -0.347 e. The van der Waals surface area contributed by atoms with Crippen molar-refractivity contribution in [1.29, 1.82) is 0 Å². The molecule has 0 saturated carbocycles. The fraction of sp³-hybridized carbons (Fsp3) is 0.421. The summed E-state index contributed by atoms with van der Waals surface area (Å²) in [6, 6.07) is 0. The highest BCUT2D eigenvalue weighted by Crippen LogP contribution is 2.38. The number of allylic oxidation sites excluding steroid dienone is 2. The van der Waals surface area contributed by atoms with E-state index in [2.05, 4.69) is 15.3 Å². The van der Waals surface area contributed by atoms with E-state index in [0.29, 0.717) is 21.3 Å². The molecule has 2 aromatic rings. The first-order valence-electron chi connectivity index (χ1n) is 8.72. The summed E-state index contributed by atoms with van der Waals surface area (Å²) < 4.78 is 27.9. The molecule has 0 radical (unpaired) electrons. The molecule has 2 aromatic heterocycles. The van der Waals surface area contributed by atoms with Gasteiger partial charge in [-0.15, -0.1) is 22.7 Å². The van der Waals surface area contributed by atoms with Crippen molar-refractivity contribution in [2.45, 2.75) is 39.5 Å². The first-order valence-corrected chi connectivity index (χ1v) is 10.4. The van der Waals surface area contributed by atoms with Crippen molar-refractivity contribution in [2.75, 3.05) is 6.54 Å². The third-order valence-electron chi connectivity index (χ3n) is 4.09. The van der Waals surface area contributed by atoms with Crippen LogP contribution in [0.2, 0.25) is 0 Å². The zero-order valence-electron chi connectivity index (χ0n) is 15.3. The average molecular weight is 410 g/mol. The van der Waals surface area contributed by atoms with E-state index in [1.54, 1.807) is 32.2 Å². The lowest BCUT2D eigenvalue weighted by molar-refractivity contribution is 0.0949. The van der Waals surface area contributed by atoms with Gasteiger partial charge in [0.05, 0.1) is 4.88 Å². The summed E-state index contributed by atoms with van der Waals surface area (Å²) in [5, 5.41) is 4.00. The van der Waals surface area contributed by atoms with Crippen LogP contribution in [0.25, 0.3) is 10.0 Å². The second-order valence-electron chi connectivity index (χ2n) is 6.73. The number of hydrogen-bond donors (Lipinski definition) is 1. The van der Waals surface area contributed by atoms with Gasteiger partial charge in [-0.3, -0.25) is 4.79 Å². The number of hydrogen-bond acceptors (Lipinski definition) is 5. The van der Waals surface area contributed by atoms with Gasteiger partial charge in [0.2, 0.25) is 0 Å². The number of nitrogens with zero attached hydrogens (tertiary/aromatic N) is 2. The van der Waals surface area contributed by atoms with E-state index < -0.39 is 18.3 Å². The van der Waals surface area contributed by atoms with Gasteiger partial charge in [0.15, 0.2) is 10.0 Å². The van der Waals surface area contributed by atoms with Crippen LogP contribution in [-0.4, -0.2) is 28.6 Å². The number of thiazole rings is 2. The number of carbonyl (C=O) groups excluding carboxylic acids is 1. The zero-order valence-corrected chi connectivity index (χ0v) is 17.0. The molecule has 2 unspecified atom stereocenters. The molecule has 8 heteroatoms. The largest absolute Gasteiger partial charge is 0.347 e. The molecule has 2 atom stereocenters. The minimum absolute atomic E-state index is 0.104. The molecule has 4 nitrogen and oxygen atoms in total. The number of aryl methyl sites for hydroxylation is 1. The summed E-state index contributed by atoms with van der Waals surface area (Å²) in [4.78, 5) is 22.7. The SMILES string of the molecule is Cc1cnc(-c2nc(C(=O)NCC3=CCC(F)C=C3)c(C(F)C(C)C)s2)s1. The Morgan fingerprint density at radius 1 is 1.37 bits per heavy atom. The molecule has 0 spiro atoms. The summed E-state index contributed by atoms with van der Waals surface area (Å²) in [7, 11) is 0. The van der Waals surface area contributed by atoms with E-state index in [-0.39, 0.29) is 18.2 Å². The Bertz CT molecular complexity index is 885. The van der Waals surface area contributed by atoms with Crippen LogP contribution >= 0.6 is 22.7 Å². The third-order valence-corrected chi connectivity index (χ3v) is 6.25. The molecule has 1 aliphatic carbocycles. The lowest BCUT2D eigenvalue weighted by atomic mass is 10.1. The highest BCUT2D eigenvalue weighted by Gasteiger charge is 2.28. The maximum Gasteiger partial charge on any atom is 0.271 e. The monoisotopic (exact) mass is 409 g/mol. The Kier molecular flexibility index (Phi) is 6.16. The van der Waals surface area contributed by atoms with Crippen molar-refractivity contribution in [3.63, 3.8) is 0 Å². The van der Waals surface area contributed by atoms with Crippen LogP contribution in [0.1, 0.15) is 46.7 Å². The number of halogens is 2. The van der Waals surface area contributed by atoms with Crippen molar-refractivity contribution < 1.29 is 13.6 Å². The topological polar surface area (TPSA) is 54.9 Å². The van der Waals surface area contributed by atoms with E-state index >= 15 is 0 Å². The number of amides is 1. The molecule has 0 aliphatic heterocycles. The van der Waals surface area contributed by atoms with Gasteiger partial charge in [0, 0.05) is 24.0 Å². The van der Waals surface area contributed by atoms with Gasteiger partial charge in [-0.1, -0.05) is 32.1 Å². The average Bonchev–Trinajstić information content (AvgIpc) is 3.26. The molecule has 1 amide bonds. The molecule has 3 rings (SSSR count). The maximum absolute atomic E-state index is 14.8. The van der Waals surface area contributed by atoms with Crippen LogP contribution in [0.5, 0.6) is 0 Å². The van der Waals surface area contributed by atoms with E-state index in [1.165, 1.54) is 28.7 Å². The molecule has 1 N–H and O–H groups in total. The molecular weight excluding hydrogens is 388 g/mol. The molecule has 0 bridgehead atoms. The second-order valence-corrected chi connectivity index (χ2v) is 8.99. The lowest BCUT2D eigenvalue weighted by Gasteiger charge is -2.13. The van der Waals surface area contributed by atoms with E-state index in [4.69, 9.17) is 0 Å². The Morgan fingerprint density at radius 2 is 2.15 bits per heavy atom. The van der Waals surface area contributed by atoms with Crippen LogP contribution in [-0.2, 0) is 0 Å². The highest BCUT2D eigenvalue weighted by molar-refractivity contribution is 7.21. The zero-order chi connectivity index (χ0) is 19.6. The number of aromatic nitrogens is 2. The summed E-state index contributed by atoms with van der Waals surface area (Å²) in [6.45, 7) is 5.72. The van der Waals surface area contributed by atoms with Gasteiger partial charge in [-0.25, -0.2) is 18.7 Å².